The summed E-state index contributed by atoms with van der Waals surface area (Å²) in [6.45, 7) is 2.51. The Morgan fingerprint density at radius 1 is 1.45 bits per heavy atom. The topological polar surface area (TPSA) is 43.4 Å². The van der Waals surface area contributed by atoms with E-state index in [4.69, 9.17) is 16.3 Å². The first-order valence-electron chi connectivity index (χ1n) is 6.73. The van der Waals surface area contributed by atoms with Crippen LogP contribution in [0.5, 0.6) is 5.75 Å². The average molecular weight is 382 g/mol. The monoisotopic (exact) mass is 380 g/mol. The van der Waals surface area contributed by atoms with Gasteiger partial charge in [0, 0.05) is 4.47 Å². The van der Waals surface area contributed by atoms with Crippen molar-refractivity contribution in [1.29, 1.82) is 0 Å². The minimum absolute atomic E-state index is 0.246. The van der Waals surface area contributed by atoms with Crippen LogP contribution in [0.3, 0.4) is 0 Å². The number of ether oxygens (including phenoxy) is 1. The molecule has 112 valence electrons. The molecule has 20 heavy (non-hydrogen) atoms. The Morgan fingerprint density at radius 2 is 2.20 bits per heavy atom. The van der Waals surface area contributed by atoms with Crippen LogP contribution >= 0.6 is 27.5 Å². The smallest absolute Gasteiger partial charge is 0.154 e. The summed E-state index contributed by atoms with van der Waals surface area (Å²) in [7, 11) is -3.09. The standard InChI is InChI=1S/C14H18BrClO3S/c1-2-19-10-6-7-11(12(15)9-10)14(16)13-5-3-4-8-20(13,17)18/h6-7,9,13-14H,2-5,8H2,1H3. The normalized spacial score (nSPS) is 23.2. The van der Waals surface area contributed by atoms with E-state index in [1.807, 2.05) is 25.1 Å². The van der Waals surface area contributed by atoms with Crippen LogP contribution in [0.2, 0.25) is 0 Å². The first kappa shape index (κ1) is 16.1. The average Bonchev–Trinajstić information content (AvgIpc) is 2.38. The van der Waals surface area contributed by atoms with Crippen LogP contribution in [0.1, 0.15) is 37.1 Å². The van der Waals surface area contributed by atoms with Gasteiger partial charge in [0.25, 0.3) is 0 Å². The Hall–Kier alpha value is -0.260. The van der Waals surface area contributed by atoms with Crippen molar-refractivity contribution in [3.8, 4) is 5.75 Å². The van der Waals surface area contributed by atoms with E-state index in [0.29, 0.717) is 13.0 Å². The van der Waals surface area contributed by atoms with Gasteiger partial charge in [0.15, 0.2) is 9.84 Å². The van der Waals surface area contributed by atoms with Gasteiger partial charge in [0.05, 0.1) is 23.0 Å². The Labute approximate surface area is 133 Å². The largest absolute Gasteiger partial charge is 0.494 e. The summed E-state index contributed by atoms with van der Waals surface area (Å²) >= 11 is 9.92. The molecule has 0 aliphatic carbocycles. The molecule has 0 spiro atoms. The molecule has 0 bridgehead atoms. The summed E-state index contributed by atoms with van der Waals surface area (Å²) in [6, 6.07) is 5.51. The Morgan fingerprint density at radius 3 is 2.80 bits per heavy atom. The summed E-state index contributed by atoms with van der Waals surface area (Å²) in [5, 5.41) is -1.02. The Bertz CT molecular complexity index is 574. The van der Waals surface area contributed by atoms with E-state index in [1.165, 1.54) is 0 Å². The van der Waals surface area contributed by atoms with Crippen molar-refractivity contribution in [2.75, 3.05) is 12.4 Å². The number of alkyl halides is 1. The number of hydrogen-bond acceptors (Lipinski definition) is 3. The summed E-state index contributed by atoms with van der Waals surface area (Å²) in [4.78, 5) is 0. The molecule has 1 fully saturated rings. The first-order chi connectivity index (χ1) is 9.45. The van der Waals surface area contributed by atoms with Crippen molar-refractivity contribution < 1.29 is 13.2 Å². The van der Waals surface area contributed by atoms with Crippen molar-refractivity contribution in [3.05, 3.63) is 28.2 Å². The molecule has 1 saturated heterocycles. The van der Waals surface area contributed by atoms with Crippen LogP contribution in [0.4, 0.5) is 0 Å². The first-order valence-corrected chi connectivity index (χ1v) is 9.68. The maximum Gasteiger partial charge on any atom is 0.154 e. The molecular weight excluding hydrogens is 364 g/mol. The molecule has 0 N–H and O–H groups in total. The lowest BCUT2D eigenvalue weighted by Gasteiger charge is -2.27. The molecule has 2 rings (SSSR count). The zero-order valence-electron chi connectivity index (χ0n) is 11.3. The molecule has 1 aromatic rings. The molecule has 0 saturated carbocycles. The van der Waals surface area contributed by atoms with Gasteiger partial charge in [-0.3, -0.25) is 0 Å². The summed E-state index contributed by atoms with van der Waals surface area (Å²) < 4.78 is 30.5. The fraction of sp³-hybridized carbons (Fsp3) is 0.571. The van der Waals surface area contributed by atoms with Gasteiger partial charge in [-0.25, -0.2) is 8.42 Å². The van der Waals surface area contributed by atoms with Crippen molar-refractivity contribution in [1.82, 2.24) is 0 Å². The third-order valence-electron chi connectivity index (χ3n) is 3.54. The van der Waals surface area contributed by atoms with Gasteiger partial charge in [-0.05, 0) is 37.5 Å². The highest BCUT2D eigenvalue weighted by Crippen LogP contribution is 2.39. The third-order valence-corrected chi connectivity index (χ3v) is 7.20. The lowest BCUT2D eigenvalue weighted by atomic mass is 10.0. The van der Waals surface area contributed by atoms with Gasteiger partial charge >= 0.3 is 0 Å². The van der Waals surface area contributed by atoms with Gasteiger partial charge < -0.3 is 4.74 Å². The predicted molar refractivity (Wildman–Crippen MR) is 85.3 cm³/mol. The second-order valence-corrected chi connectivity index (χ2v) is 8.58. The quantitative estimate of drug-likeness (QED) is 0.738. The molecule has 0 amide bonds. The Balaban J connectivity index is 2.26. The van der Waals surface area contributed by atoms with Crippen LogP contribution < -0.4 is 4.74 Å². The van der Waals surface area contributed by atoms with E-state index in [-0.39, 0.29) is 5.75 Å². The van der Waals surface area contributed by atoms with Crippen LogP contribution in [0, 0.1) is 0 Å². The number of halogens is 2. The molecule has 6 heteroatoms. The molecular formula is C14H18BrClO3S. The van der Waals surface area contributed by atoms with E-state index in [9.17, 15) is 8.42 Å². The Kier molecular flexibility index (Phi) is 5.37. The van der Waals surface area contributed by atoms with Crippen LogP contribution in [-0.2, 0) is 9.84 Å². The van der Waals surface area contributed by atoms with Crippen molar-refractivity contribution in [2.45, 2.75) is 36.8 Å². The maximum atomic E-state index is 12.2. The highest BCUT2D eigenvalue weighted by molar-refractivity contribution is 9.10. The third kappa shape index (κ3) is 3.49. The maximum absolute atomic E-state index is 12.2. The van der Waals surface area contributed by atoms with Crippen LogP contribution in [0.15, 0.2) is 22.7 Å². The van der Waals surface area contributed by atoms with Crippen molar-refractivity contribution >= 4 is 37.4 Å². The molecule has 0 aromatic heterocycles. The SMILES string of the molecule is CCOc1ccc(C(Cl)C2CCCCS2(=O)=O)c(Br)c1. The summed E-state index contributed by atoms with van der Waals surface area (Å²) in [5.41, 5.74) is 0.811. The van der Waals surface area contributed by atoms with Gasteiger partial charge in [0.2, 0.25) is 0 Å². The highest BCUT2D eigenvalue weighted by Gasteiger charge is 2.36. The molecule has 1 aromatic carbocycles. The molecule has 2 atom stereocenters. The highest BCUT2D eigenvalue weighted by atomic mass is 79.9. The number of sulfone groups is 1. The van der Waals surface area contributed by atoms with Crippen LogP contribution in [-0.4, -0.2) is 26.0 Å². The van der Waals surface area contributed by atoms with Gasteiger partial charge in [0.1, 0.15) is 5.75 Å². The fourth-order valence-corrected chi connectivity index (χ4v) is 5.96. The van der Waals surface area contributed by atoms with E-state index in [0.717, 1.165) is 28.6 Å². The van der Waals surface area contributed by atoms with E-state index >= 15 is 0 Å². The molecule has 2 unspecified atom stereocenters. The number of benzene rings is 1. The molecule has 0 radical (unpaired) electrons. The lowest BCUT2D eigenvalue weighted by Crippen LogP contribution is -2.32. The van der Waals surface area contributed by atoms with Crippen molar-refractivity contribution in [3.63, 3.8) is 0 Å². The van der Waals surface area contributed by atoms with Crippen LogP contribution in [0.25, 0.3) is 0 Å². The lowest BCUT2D eigenvalue weighted by molar-refractivity contribution is 0.340. The fourth-order valence-electron chi connectivity index (χ4n) is 2.50. The molecule has 3 nitrogen and oxygen atoms in total. The molecule has 1 heterocycles. The minimum atomic E-state index is -3.09. The van der Waals surface area contributed by atoms with E-state index in [2.05, 4.69) is 15.9 Å². The number of rotatable bonds is 4. The summed E-state index contributed by atoms with van der Waals surface area (Å²) in [5.74, 6) is 0.994. The van der Waals surface area contributed by atoms with Gasteiger partial charge in [-0.15, -0.1) is 11.6 Å². The van der Waals surface area contributed by atoms with Gasteiger partial charge in [-0.2, -0.15) is 0 Å². The number of hydrogen-bond donors (Lipinski definition) is 0. The molecule has 1 aliphatic heterocycles. The second kappa shape index (κ2) is 6.67. The summed E-state index contributed by atoms with van der Waals surface area (Å²) in [6.07, 6.45) is 2.30. The predicted octanol–water partition coefficient (Wildman–Crippen LogP) is 4.10. The minimum Gasteiger partial charge on any atom is -0.494 e. The van der Waals surface area contributed by atoms with E-state index in [1.54, 1.807) is 0 Å². The van der Waals surface area contributed by atoms with Gasteiger partial charge in [-0.1, -0.05) is 28.4 Å². The second-order valence-electron chi connectivity index (χ2n) is 4.92. The zero-order valence-corrected chi connectivity index (χ0v) is 14.5. The van der Waals surface area contributed by atoms with Crippen molar-refractivity contribution in [2.24, 2.45) is 0 Å². The zero-order chi connectivity index (χ0) is 14.8. The van der Waals surface area contributed by atoms with E-state index < -0.39 is 20.5 Å². The molecule has 1 aliphatic rings.